The fourth-order valence-corrected chi connectivity index (χ4v) is 3.77. The quantitative estimate of drug-likeness (QED) is 0.603. The van der Waals surface area contributed by atoms with Crippen LogP contribution in [0.5, 0.6) is 0 Å². The average Bonchev–Trinajstić information content (AvgIpc) is 2.79. The highest BCUT2D eigenvalue weighted by Crippen LogP contribution is 2.24. The van der Waals surface area contributed by atoms with Gasteiger partial charge >= 0.3 is 0 Å². The van der Waals surface area contributed by atoms with Crippen LogP contribution in [0, 0.1) is 11.8 Å². The smallest absolute Gasteiger partial charge is 0.229 e. The normalized spacial score (nSPS) is 13.7. The maximum absolute atomic E-state index is 14.5. The molecular formula is C24H23F2N5O2. The zero-order valence-corrected chi connectivity index (χ0v) is 18.1. The number of benzene rings is 1. The topological polar surface area (TPSA) is 78.4 Å². The highest BCUT2D eigenvalue weighted by atomic mass is 19.1. The van der Waals surface area contributed by atoms with Gasteiger partial charge in [0.1, 0.15) is 11.6 Å². The summed E-state index contributed by atoms with van der Waals surface area (Å²) < 4.78 is 27.8. The third-order valence-corrected chi connectivity index (χ3v) is 5.54. The highest BCUT2D eigenvalue weighted by Gasteiger charge is 2.19. The molecule has 1 aliphatic heterocycles. The first-order valence-electron chi connectivity index (χ1n) is 10.6. The van der Waals surface area contributed by atoms with Crippen molar-refractivity contribution in [1.29, 1.82) is 0 Å². The van der Waals surface area contributed by atoms with Gasteiger partial charge in [0.05, 0.1) is 18.3 Å². The number of halogens is 2. The summed E-state index contributed by atoms with van der Waals surface area (Å²) in [6.07, 6.45) is 2.93. The third kappa shape index (κ3) is 5.49. The zero-order chi connectivity index (χ0) is 23.4. The van der Waals surface area contributed by atoms with Crippen LogP contribution in [-0.2, 0) is 16.0 Å². The Morgan fingerprint density at radius 1 is 1.00 bits per heavy atom. The lowest BCUT2D eigenvalue weighted by atomic mass is 10.0. The minimum Gasteiger partial charge on any atom is -0.367 e. The molecule has 33 heavy (non-hydrogen) atoms. The second-order valence-electron chi connectivity index (χ2n) is 7.80. The first-order chi connectivity index (χ1) is 15.9. The molecule has 2 aromatic heterocycles. The lowest BCUT2D eigenvalue weighted by Crippen LogP contribution is -2.48. The van der Waals surface area contributed by atoms with E-state index in [0.29, 0.717) is 30.0 Å². The maximum Gasteiger partial charge on any atom is 0.229 e. The Balaban J connectivity index is 1.34. The van der Waals surface area contributed by atoms with E-state index in [9.17, 15) is 18.4 Å². The molecule has 0 spiro atoms. The maximum atomic E-state index is 14.5. The van der Waals surface area contributed by atoms with Gasteiger partial charge < -0.3 is 15.1 Å². The number of rotatable bonds is 5. The lowest BCUT2D eigenvalue weighted by Gasteiger charge is -2.35. The SMILES string of the molecule is CC(=O)N1CCN(c2ccc(NC(=O)Cc3ccc(-c4ccnc(F)c4)c(F)c3)nc2)CC1. The molecule has 2 amide bonds. The summed E-state index contributed by atoms with van der Waals surface area (Å²) in [6.45, 7) is 4.35. The van der Waals surface area contributed by atoms with Gasteiger partial charge in [-0.15, -0.1) is 0 Å². The molecular weight excluding hydrogens is 428 g/mol. The van der Waals surface area contributed by atoms with E-state index in [1.54, 1.807) is 25.3 Å². The van der Waals surface area contributed by atoms with E-state index in [4.69, 9.17) is 0 Å². The molecule has 1 aromatic carbocycles. The van der Waals surface area contributed by atoms with Gasteiger partial charge in [-0.3, -0.25) is 9.59 Å². The standard InChI is InChI=1S/C24H23F2N5O2/c1-16(32)30-8-10-31(11-9-30)19-3-5-23(28-15-19)29-24(33)13-17-2-4-20(21(25)12-17)18-6-7-27-22(26)14-18/h2-7,12,14-15H,8-11,13H2,1H3,(H,28,29,33). The molecule has 9 heteroatoms. The largest absolute Gasteiger partial charge is 0.367 e. The molecule has 0 atom stereocenters. The fourth-order valence-electron chi connectivity index (χ4n) is 3.77. The summed E-state index contributed by atoms with van der Waals surface area (Å²) in [5.74, 6) is -1.08. The summed E-state index contributed by atoms with van der Waals surface area (Å²) in [6, 6.07) is 10.7. The first-order valence-corrected chi connectivity index (χ1v) is 10.6. The molecule has 4 rings (SSSR count). The monoisotopic (exact) mass is 451 g/mol. The molecule has 3 heterocycles. The highest BCUT2D eigenvalue weighted by molar-refractivity contribution is 5.91. The van der Waals surface area contributed by atoms with Crippen LogP contribution in [0.1, 0.15) is 12.5 Å². The van der Waals surface area contributed by atoms with Crippen molar-refractivity contribution in [2.24, 2.45) is 0 Å². The molecule has 0 aliphatic carbocycles. The number of piperazine rings is 1. The van der Waals surface area contributed by atoms with Crippen molar-refractivity contribution in [3.05, 3.63) is 72.2 Å². The van der Waals surface area contributed by atoms with E-state index in [1.807, 2.05) is 11.0 Å². The van der Waals surface area contributed by atoms with Crippen LogP contribution >= 0.6 is 0 Å². The molecule has 170 valence electrons. The van der Waals surface area contributed by atoms with Gasteiger partial charge in [-0.2, -0.15) is 4.39 Å². The van der Waals surface area contributed by atoms with E-state index in [-0.39, 0.29) is 23.8 Å². The van der Waals surface area contributed by atoms with Crippen molar-refractivity contribution in [3.8, 4) is 11.1 Å². The Morgan fingerprint density at radius 3 is 2.42 bits per heavy atom. The van der Waals surface area contributed by atoms with Gasteiger partial charge in [0.2, 0.25) is 17.8 Å². The van der Waals surface area contributed by atoms with E-state index in [1.165, 1.54) is 24.4 Å². The van der Waals surface area contributed by atoms with Gasteiger partial charge in [0.15, 0.2) is 0 Å². The summed E-state index contributed by atoms with van der Waals surface area (Å²) >= 11 is 0. The number of anilines is 2. The van der Waals surface area contributed by atoms with E-state index >= 15 is 0 Å². The minimum absolute atomic E-state index is 0.0294. The predicted octanol–water partition coefficient (Wildman–Crippen LogP) is 3.27. The fraction of sp³-hybridized carbons (Fsp3) is 0.250. The first kappa shape index (κ1) is 22.3. The third-order valence-electron chi connectivity index (χ3n) is 5.54. The van der Waals surface area contributed by atoms with Crippen molar-refractivity contribution < 1.29 is 18.4 Å². The van der Waals surface area contributed by atoms with Gasteiger partial charge in [0, 0.05) is 50.9 Å². The summed E-state index contributed by atoms with van der Waals surface area (Å²) in [4.78, 5) is 35.6. The summed E-state index contributed by atoms with van der Waals surface area (Å²) in [5.41, 5.74) is 2.02. The van der Waals surface area contributed by atoms with Crippen LogP contribution in [0.3, 0.4) is 0 Å². The van der Waals surface area contributed by atoms with Crippen molar-refractivity contribution >= 4 is 23.3 Å². The Morgan fingerprint density at radius 2 is 1.79 bits per heavy atom. The number of pyridine rings is 2. The molecule has 0 unspecified atom stereocenters. The molecule has 0 saturated carbocycles. The lowest BCUT2D eigenvalue weighted by molar-refractivity contribution is -0.129. The molecule has 3 aromatic rings. The number of hydrogen-bond donors (Lipinski definition) is 1. The Labute approximate surface area is 190 Å². The van der Waals surface area contributed by atoms with Crippen molar-refractivity contribution in [2.75, 3.05) is 36.4 Å². The van der Waals surface area contributed by atoms with E-state index in [2.05, 4.69) is 20.2 Å². The molecule has 7 nitrogen and oxygen atoms in total. The van der Waals surface area contributed by atoms with Crippen LogP contribution in [0.15, 0.2) is 54.9 Å². The predicted molar refractivity (Wildman–Crippen MR) is 121 cm³/mol. The van der Waals surface area contributed by atoms with Crippen molar-refractivity contribution in [2.45, 2.75) is 13.3 Å². The van der Waals surface area contributed by atoms with Crippen molar-refractivity contribution in [3.63, 3.8) is 0 Å². The number of nitrogens with zero attached hydrogens (tertiary/aromatic N) is 4. The second kappa shape index (κ2) is 9.72. The molecule has 1 aliphatic rings. The van der Waals surface area contributed by atoms with Crippen molar-refractivity contribution in [1.82, 2.24) is 14.9 Å². The number of carbonyl (C=O) groups is 2. The number of nitrogens with one attached hydrogen (secondary N) is 1. The molecule has 1 N–H and O–H groups in total. The minimum atomic E-state index is -0.688. The Bertz CT molecular complexity index is 1160. The summed E-state index contributed by atoms with van der Waals surface area (Å²) in [7, 11) is 0. The van der Waals surface area contributed by atoms with Crippen LogP contribution in [0.25, 0.3) is 11.1 Å². The summed E-state index contributed by atoms with van der Waals surface area (Å²) in [5, 5.41) is 2.71. The molecule has 1 fully saturated rings. The number of aromatic nitrogens is 2. The van der Waals surface area contributed by atoms with Gasteiger partial charge in [-0.05, 0) is 35.4 Å². The molecule has 0 bridgehead atoms. The van der Waals surface area contributed by atoms with Crippen LogP contribution < -0.4 is 10.2 Å². The Kier molecular flexibility index (Phi) is 6.58. The van der Waals surface area contributed by atoms with Gasteiger partial charge in [-0.25, -0.2) is 14.4 Å². The molecule has 0 radical (unpaired) electrons. The van der Waals surface area contributed by atoms with E-state index in [0.717, 1.165) is 24.8 Å². The second-order valence-corrected chi connectivity index (χ2v) is 7.80. The van der Waals surface area contributed by atoms with Crippen LogP contribution in [0.4, 0.5) is 20.3 Å². The number of hydrogen-bond acceptors (Lipinski definition) is 5. The average molecular weight is 451 g/mol. The zero-order valence-electron chi connectivity index (χ0n) is 18.1. The Hall–Kier alpha value is -3.88. The van der Waals surface area contributed by atoms with Crippen LogP contribution in [-0.4, -0.2) is 52.9 Å². The molecule has 1 saturated heterocycles. The van der Waals surface area contributed by atoms with Crippen LogP contribution in [0.2, 0.25) is 0 Å². The van der Waals surface area contributed by atoms with Gasteiger partial charge in [-0.1, -0.05) is 12.1 Å². The number of carbonyl (C=O) groups excluding carboxylic acids is 2. The van der Waals surface area contributed by atoms with Gasteiger partial charge in [0.25, 0.3) is 0 Å². The van der Waals surface area contributed by atoms with E-state index < -0.39 is 11.8 Å². The number of amides is 2.